The molecule has 3 aromatic rings. The van der Waals surface area contributed by atoms with E-state index < -0.39 is 17.6 Å². The van der Waals surface area contributed by atoms with E-state index in [1.807, 2.05) is 0 Å². The molecule has 4 nitrogen and oxygen atoms in total. The van der Waals surface area contributed by atoms with Crippen LogP contribution in [0.25, 0.3) is 0 Å². The summed E-state index contributed by atoms with van der Waals surface area (Å²) in [6.45, 7) is 1.56. The Labute approximate surface area is 186 Å². The van der Waals surface area contributed by atoms with Crippen molar-refractivity contribution in [1.29, 1.82) is 0 Å². The molecular weight excluding hydrogens is 457 g/mol. The van der Waals surface area contributed by atoms with Crippen molar-refractivity contribution >= 4 is 52.2 Å². The topological polar surface area (TPSA) is 50.7 Å². The summed E-state index contributed by atoms with van der Waals surface area (Å²) in [5.74, 6) is -2.23. The summed E-state index contributed by atoms with van der Waals surface area (Å²) in [6.07, 6.45) is 0. The zero-order chi connectivity index (χ0) is 21.8. The number of rotatable bonds is 5. The zero-order valence-corrected chi connectivity index (χ0v) is 17.6. The Morgan fingerprint density at radius 2 is 1.63 bits per heavy atom. The molecule has 0 aliphatic carbocycles. The highest BCUT2D eigenvalue weighted by Gasteiger charge is 2.17. The van der Waals surface area contributed by atoms with Crippen LogP contribution < -0.4 is 10.2 Å². The van der Waals surface area contributed by atoms with E-state index in [0.717, 1.165) is 18.2 Å². The molecule has 0 bridgehead atoms. The largest absolute Gasteiger partial charge is 0.422 e. The van der Waals surface area contributed by atoms with Crippen LogP contribution in [0.2, 0.25) is 15.1 Å². The summed E-state index contributed by atoms with van der Waals surface area (Å²) in [5.41, 5.74) is 3.17. The highest BCUT2D eigenvalue weighted by Crippen LogP contribution is 2.34. The van der Waals surface area contributed by atoms with Crippen molar-refractivity contribution in [3.05, 3.63) is 92.4 Å². The molecule has 0 atom stereocenters. The van der Waals surface area contributed by atoms with E-state index in [1.165, 1.54) is 36.4 Å². The van der Waals surface area contributed by atoms with Crippen molar-refractivity contribution in [1.82, 2.24) is 0 Å². The molecule has 30 heavy (non-hydrogen) atoms. The zero-order valence-electron chi connectivity index (χ0n) is 15.3. The molecule has 0 heterocycles. The lowest BCUT2D eigenvalue weighted by Gasteiger charge is -2.12. The normalized spacial score (nSPS) is 11.3. The minimum Gasteiger partial charge on any atom is -0.422 e. The third kappa shape index (κ3) is 5.08. The summed E-state index contributed by atoms with van der Waals surface area (Å²) in [4.78, 5) is 12.3. The minimum atomic E-state index is -0.925. The van der Waals surface area contributed by atoms with Gasteiger partial charge in [-0.1, -0.05) is 46.9 Å². The van der Waals surface area contributed by atoms with Crippen molar-refractivity contribution in [2.24, 2.45) is 5.10 Å². The van der Waals surface area contributed by atoms with E-state index in [4.69, 9.17) is 39.5 Å². The van der Waals surface area contributed by atoms with Gasteiger partial charge in [-0.25, -0.2) is 13.6 Å². The second-order valence-electron chi connectivity index (χ2n) is 6.06. The molecule has 0 aliphatic heterocycles. The maximum absolute atomic E-state index is 13.8. The number of ether oxygens (including phenoxy) is 1. The van der Waals surface area contributed by atoms with Gasteiger partial charge in [0.15, 0.2) is 0 Å². The molecule has 9 heteroatoms. The summed E-state index contributed by atoms with van der Waals surface area (Å²) < 4.78 is 33.0. The molecule has 0 fully saturated rings. The summed E-state index contributed by atoms with van der Waals surface area (Å²) >= 11 is 18.1. The fourth-order valence-corrected chi connectivity index (χ4v) is 3.41. The molecule has 3 aromatic carbocycles. The highest BCUT2D eigenvalue weighted by atomic mass is 35.5. The second kappa shape index (κ2) is 9.43. The molecule has 0 spiro atoms. The number of hydrogen-bond acceptors (Lipinski definition) is 4. The first-order chi connectivity index (χ1) is 14.3. The first kappa shape index (κ1) is 22.0. The van der Waals surface area contributed by atoms with Gasteiger partial charge in [0.1, 0.15) is 17.4 Å². The van der Waals surface area contributed by atoms with Crippen LogP contribution in [0.4, 0.5) is 14.5 Å². The highest BCUT2D eigenvalue weighted by molar-refractivity contribution is 6.41. The van der Waals surface area contributed by atoms with E-state index in [0.29, 0.717) is 10.7 Å². The number of hydrogen-bond donors (Lipinski definition) is 1. The summed E-state index contributed by atoms with van der Waals surface area (Å²) in [7, 11) is 0. The maximum atomic E-state index is 13.8. The van der Waals surface area contributed by atoms with Crippen LogP contribution in [0.15, 0.2) is 59.7 Å². The smallest absolute Gasteiger partial charge is 0.346 e. The fourth-order valence-electron chi connectivity index (χ4n) is 2.50. The SMILES string of the molecule is C/C(=N\Nc1c(Cl)cc(Cl)cc1Cl)c1cc(F)ccc1OC(=O)c1ccccc1F. The van der Waals surface area contributed by atoms with Crippen molar-refractivity contribution in [3.63, 3.8) is 0 Å². The Morgan fingerprint density at radius 3 is 2.30 bits per heavy atom. The summed E-state index contributed by atoms with van der Waals surface area (Å²) in [5, 5.41) is 4.95. The standard InChI is InChI=1S/C21H13Cl3F2N2O2/c1-11(27-28-20-16(23)8-12(22)9-17(20)24)15-10-13(25)6-7-19(15)30-21(29)14-4-2-3-5-18(14)26/h2-10,28H,1H3/b27-11+. The van der Waals surface area contributed by atoms with Crippen molar-refractivity contribution in [3.8, 4) is 5.75 Å². The van der Waals surface area contributed by atoms with E-state index in [-0.39, 0.29) is 32.6 Å². The molecule has 0 unspecified atom stereocenters. The molecule has 1 N–H and O–H groups in total. The van der Waals surface area contributed by atoms with Crippen LogP contribution in [0.1, 0.15) is 22.8 Å². The van der Waals surface area contributed by atoms with Gasteiger partial charge in [-0.2, -0.15) is 5.10 Å². The maximum Gasteiger partial charge on any atom is 0.346 e. The van der Waals surface area contributed by atoms with Gasteiger partial charge in [0.25, 0.3) is 0 Å². The third-order valence-electron chi connectivity index (χ3n) is 3.97. The Bertz CT molecular complexity index is 1130. The number of benzene rings is 3. The van der Waals surface area contributed by atoms with Gasteiger partial charge < -0.3 is 4.74 Å². The molecule has 0 aromatic heterocycles. The van der Waals surface area contributed by atoms with Crippen molar-refractivity contribution in [2.75, 3.05) is 5.43 Å². The second-order valence-corrected chi connectivity index (χ2v) is 7.31. The third-order valence-corrected chi connectivity index (χ3v) is 4.78. The minimum absolute atomic E-state index is 0.000929. The van der Waals surface area contributed by atoms with Crippen LogP contribution >= 0.6 is 34.8 Å². The molecule has 0 amide bonds. The number of nitrogens with one attached hydrogen (secondary N) is 1. The lowest BCUT2D eigenvalue weighted by atomic mass is 10.1. The molecule has 154 valence electrons. The van der Waals surface area contributed by atoms with Gasteiger partial charge >= 0.3 is 5.97 Å². The number of halogens is 5. The molecule has 3 rings (SSSR count). The molecule has 0 saturated carbocycles. The summed E-state index contributed by atoms with van der Waals surface area (Å²) in [6, 6.07) is 11.8. The van der Waals surface area contributed by atoms with Gasteiger partial charge in [0.05, 0.1) is 27.0 Å². The first-order valence-corrected chi connectivity index (χ1v) is 9.61. The first-order valence-electron chi connectivity index (χ1n) is 8.47. The number of anilines is 1. The van der Waals surface area contributed by atoms with Crippen molar-refractivity contribution < 1.29 is 18.3 Å². The van der Waals surface area contributed by atoms with Crippen LogP contribution in [0.5, 0.6) is 5.75 Å². The Balaban J connectivity index is 1.90. The Kier molecular flexibility index (Phi) is 6.92. The van der Waals surface area contributed by atoms with E-state index >= 15 is 0 Å². The fraction of sp³-hybridized carbons (Fsp3) is 0.0476. The van der Waals surface area contributed by atoms with Crippen LogP contribution in [0, 0.1) is 11.6 Å². The average Bonchev–Trinajstić information content (AvgIpc) is 2.68. The van der Waals surface area contributed by atoms with Crippen LogP contribution in [-0.2, 0) is 0 Å². The van der Waals surface area contributed by atoms with Crippen LogP contribution in [0.3, 0.4) is 0 Å². The van der Waals surface area contributed by atoms with Gasteiger partial charge in [-0.3, -0.25) is 5.43 Å². The predicted molar refractivity (Wildman–Crippen MR) is 115 cm³/mol. The average molecular weight is 470 g/mol. The number of esters is 1. The number of hydrazone groups is 1. The molecular formula is C21H13Cl3F2N2O2. The van der Waals surface area contributed by atoms with E-state index in [2.05, 4.69) is 10.5 Å². The number of nitrogens with zero attached hydrogens (tertiary/aromatic N) is 1. The quantitative estimate of drug-likeness (QED) is 0.190. The van der Waals surface area contributed by atoms with Gasteiger partial charge in [0, 0.05) is 10.6 Å². The lowest BCUT2D eigenvalue weighted by molar-refractivity contribution is 0.0729. The Hall–Kier alpha value is -2.67. The van der Waals surface area contributed by atoms with Gasteiger partial charge in [-0.15, -0.1) is 0 Å². The van der Waals surface area contributed by atoms with Gasteiger partial charge in [0.2, 0.25) is 0 Å². The lowest BCUT2D eigenvalue weighted by Crippen LogP contribution is -2.13. The predicted octanol–water partition coefficient (Wildman–Crippen LogP) is 6.98. The number of carbonyl (C=O) groups excluding carboxylic acids is 1. The van der Waals surface area contributed by atoms with Crippen LogP contribution in [-0.4, -0.2) is 11.7 Å². The molecule has 0 saturated heterocycles. The number of carbonyl (C=O) groups is 1. The van der Waals surface area contributed by atoms with E-state index in [9.17, 15) is 13.6 Å². The monoisotopic (exact) mass is 468 g/mol. The Morgan fingerprint density at radius 1 is 0.967 bits per heavy atom. The van der Waals surface area contributed by atoms with E-state index in [1.54, 1.807) is 6.92 Å². The van der Waals surface area contributed by atoms with Gasteiger partial charge in [-0.05, 0) is 49.4 Å². The molecule has 0 radical (unpaired) electrons. The molecule has 0 aliphatic rings. The van der Waals surface area contributed by atoms with Crippen molar-refractivity contribution in [2.45, 2.75) is 6.92 Å².